The number of aliphatic carboxylic acids is 1. The zero-order valence-electron chi connectivity index (χ0n) is 11.5. The summed E-state index contributed by atoms with van der Waals surface area (Å²) in [5.41, 5.74) is 1.54. The van der Waals surface area contributed by atoms with E-state index in [9.17, 15) is 9.90 Å². The first-order chi connectivity index (χ1) is 9.10. The van der Waals surface area contributed by atoms with E-state index in [1.807, 2.05) is 18.0 Å². The van der Waals surface area contributed by atoms with Crippen LogP contribution in [0.2, 0.25) is 0 Å². The van der Waals surface area contributed by atoms with E-state index < -0.39 is 11.9 Å². The van der Waals surface area contributed by atoms with Crippen LogP contribution in [0.4, 0.5) is 5.69 Å². The van der Waals surface area contributed by atoms with Gasteiger partial charge in [0.25, 0.3) is 0 Å². The largest absolute Gasteiger partial charge is 0.496 e. The topological polar surface area (TPSA) is 59.0 Å². The second-order valence-electron chi connectivity index (χ2n) is 4.69. The lowest BCUT2D eigenvalue weighted by atomic mass is 9.93. The summed E-state index contributed by atoms with van der Waals surface area (Å²) in [5.74, 6) is -0.0727. The van der Waals surface area contributed by atoms with Gasteiger partial charge in [0.05, 0.1) is 25.8 Å². The average Bonchev–Trinajstić information content (AvgIpc) is 2.58. The number of carboxylic acid groups (broad SMARTS) is 1. The van der Waals surface area contributed by atoms with Gasteiger partial charge in [-0.15, -0.1) is 0 Å². The molecule has 0 fully saturated rings. The molecule has 104 valence electrons. The molecule has 1 aromatic rings. The molecule has 1 atom stereocenters. The van der Waals surface area contributed by atoms with Crippen LogP contribution in [0, 0.1) is 0 Å². The first-order valence-electron chi connectivity index (χ1n) is 6.29. The van der Waals surface area contributed by atoms with Crippen molar-refractivity contribution < 1.29 is 19.4 Å². The Morgan fingerprint density at radius 3 is 2.53 bits per heavy atom. The fourth-order valence-corrected chi connectivity index (χ4v) is 2.68. The molecule has 1 N–H and O–H groups in total. The van der Waals surface area contributed by atoms with Crippen LogP contribution >= 0.6 is 0 Å². The number of carbonyl (C=O) groups is 1. The Morgan fingerprint density at radius 1 is 1.32 bits per heavy atom. The van der Waals surface area contributed by atoms with Crippen LogP contribution in [0.3, 0.4) is 0 Å². The molecule has 0 radical (unpaired) electrons. The molecule has 0 aromatic heterocycles. The third-order valence-corrected chi connectivity index (χ3v) is 3.59. The smallest absolute Gasteiger partial charge is 0.311 e. The van der Waals surface area contributed by atoms with Gasteiger partial charge in [0.2, 0.25) is 0 Å². The molecule has 5 heteroatoms. The maximum Gasteiger partial charge on any atom is 0.311 e. The van der Waals surface area contributed by atoms with E-state index >= 15 is 0 Å². The molecule has 1 heterocycles. The predicted molar refractivity (Wildman–Crippen MR) is 72.4 cm³/mol. The highest BCUT2D eigenvalue weighted by molar-refractivity contribution is 5.83. The van der Waals surface area contributed by atoms with Crippen LogP contribution in [-0.2, 0) is 4.79 Å². The number of nitrogens with zero attached hydrogens (tertiary/aromatic N) is 1. The monoisotopic (exact) mass is 265 g/mol. The minimum absolute atomic E-state index is 0.551. The fraction of sp³-hybridized carbons (Fsp3) is 0.500. The van der Waals surface area contributed by atoms with Crippen LogP contribution < -0.4 is 14.4 Å². The van der Waals surface area contributed by atoms with Gasteiger partial charge in [-0.2, -0.15) is 0 Å². The van der Waals surface area contributed by atoms with E-state index in [-0.39, 0.29) is 0 Å². The fourth-order valence-electron chi connectivity index (χ4n) is 2.68. The quantitative estimate of drug-likeness (QED) is 0.907. The van der Waals surface area contributed by atoms with Gasteiger partial charge >= 0.3 is 5.97 Å². The Hall–Kier alpha value is -1.91. The molecule has 0 aliphatic carbocycles. The Labute approximate surface area is 112 Å². The third-order valence-electron chi connectivity index (χ3n) is 3.59. The van der Waals surface area contributed by atoms with Crippen molar-refractivity contribution in [3.05, 3.63) is 17.7 Å². The van der Waals surface area contributed by atoms with Gasteiger partial charge in [-0.1, -0.05) is 0 Å². The van der Waals surface area contributed by atoms with Crippen LogP contribution in [0.1, 0.15) is 24.3 Å². The van der Waals surface area contributed by atoms with E-state index in [2.05, 4.69) is 0 Å². The molecule has 5 nitrogen and oxygen atoms in total. The van der Waals surface area contributed by atoms with Crippen molar-refractivity contribution in [3.63, 3.8) is 0 Å². The molecule has 1 aliphatic heterocycles. The van der Waals surface area contributed by atoms with E-state index in [0.29, 0.717) is 23.5 Å². The molecule has 0 spiro atoms. The molecule has 0 saturated carbocycles. The molecule has 2 rings (SSSR count). The van der Waals surface area contributed by atoms with Crippen LogP contribution in [0.5, 0.6) is 11.5 Å². The van der Waals surface area contributed by atoms with Crippen LogP contribution in [0.25, 0.3) is 0 Å². The van der Waals surface area contributed by atoms with Gasteiger partial charge < -0.3 is 19.5 Å². The Kier molecular flexibility index (Phi) is 3.83. The summed E-state index contributed by atoms with van der Waals surface area (Å²) in [6, 6.07) is 3.59. The van der Waals surface area contributed by atoms with Gasteiger partial charge in [-0.25, -0.2) is 0 Å². The molecule has 1 aliphatic rings. The lowest BCUT2D eigenvalue weighted by Crippen LogP contribution is -2.19. The summed E-state index contributed by atoms with van der Waals surface area (Å²) < 4.78 is 10.7. The van der Waals surface area contributed by atoms with Crippen LogP contribution in [-0.4, -0.2) is 38.9 Å². The predicted octanol–water partition coefficient (Wildman–Crippen LogP) is 2.10. The molecule has 1 aromatic carbocycles. The first kappa shape index (κ1) is 13.5. The number of carboxylic acids is 1. The molecule has 1 unspecified atom stereocenters. The molecule has 0 bridgehead atoms. The molecule has 19 heavy (non-hydrogen) atoms. The minimum atomic E-state index is -0.817. The van der Waals surface area contributed by atoms with Crippen molar-refractivity contribution in [1.29, 1.82) is 0 Å². The number of hydrogen-bond donors (Lipinski definition) is 1. The summed E-state index contributed by atoms with van der Waals surface area (Å²) in [6.07, 6.45) is 1.44. The summed E-state index contributed by atoms with van der Waals surface area (Å²) in [4.78, 5) is 13.6. The highest BCUT2D eigenvalue weighted by Crippen LogP contribution is 2.45. The normalized spacial score (nSPS) is 18.5. The number of fused-ring (bicyclic) bond motifs is 1. The Morgan fingerprint density at radius 2 is 1.95 bits per heavy atom. The van der Waals surface area contributed by atoms with Crippen molar-refractivity contribution in [1.82, 2.24) is 0 Å². The summed E-state index contributed by atoms with van der Waals surface area (Å²) >= 11 is 0. The van der Waals surface area contributed by atoms with Gasteiger partial charge in [0.1, 0.15) is 11.5 Å². The highest BCUT2D eigenvalue weighted by Gasteiger charge is 2.32. The van der Waals surface area contributed by atoms with Crippen molar-refractivity contribution in [2.45, 2.75) is 18.8 Å². The van der Waals surface area contributed by atoms with Crippen molar-refractivity contribution in [3.8, 4) is 11.5 Å². The van der Waals surface area contributed by atoms with Gasteiger partial charge in [-0.05, 0) is 25.0 Å². The molecular weight excluding hydrogens is 246 g/mol. The summed E-state index contributed by atoms with van der Waals surface area (Å²) in [7, 11) is 5.10. The average molecular weight is 265 g/mol. The Bertz CT molecular complexity index is 487. The first-order valence-corrected chi connectivity index (χ1v) is 6.29. The SMILES string of the molecule is COc1ccc(OC)c2c1C(C(=O)O)CCCN2C. The maximum absolute atomic E-state index is 11.5. The zero-order chi connectivity index (χ0) is 14.0. The van der Waals surface area contributed by atoms with E-state index in [0.717, 1.165) is 18.7 Å². The molecular formula is C14H19NO4. The van der Waals surface area contributed by atoms with Crippen molar-refractivity contribution in [2.24, 2.45) is 0 Å². The number of anilines is 1. The number of rotatable bonds is 3. The lowest BCUT2D eigenvalue weighted by molar-refractivity contribution is -0.139. The van der Waals surface area contributed by atoms with Crippen molar-refractivity contribution >= 4 is 11.7 Å². The van der Waals surface area contributed by atoms with E-state index in [1.165, 1.54) is 0 Å². The second-order valence-corrected chi connectivity index (χ2v) is 4.69. The van der Waals surface area contributed by atoms with Crippen LogP contribution in [0.15, 0.2) is 12.1 Å². The number of hydrogen-bond acceptors (Lipinski definition) is 4. The maximum atomic E-state index is 11.5. The van der Waals surface area contributed by atoms with E-state index in [1.54, 1.807) is 20.3 Å². The number of methoxy groups -OCH3 is 2. The summed E-state index contributed by atoms with van der Waals surface area (Å²) in [6.45, 7) is 0.806. The van der Waals surface area contributed by atoms with Crippen molar-refractivity contribution in [2.75, 3.05) is 32.7 Å². The number of ether oxygens (including phenoxy) is 2. The highest BCUT2D eigenvalue weighted by atomic mass is 16.5. The second kappa shape index (κ2) is 5.38. The minimum Gasteiger partial charge on any atom is -0.496 e. The lowest BCUT2D eigenvalue weighted by Gasteiger charge is -2.24. The van der Waals surface area contributed by atoms with Gasteiger partial charge in [0, 0.05) is 19.2 Å². The molecule has 0 amide bonds. The summed E-state index contributed by atoms with van der Waals surface area (Å²) in [5, 5.41) is 9.46. The Balaban J connectivity index is 2.69. The standard InChI is InChI=1S/C14H19NO4/c1-15-8-4-5-9(14(16)17)12-10(18-2)6-7-11(19-3)13(12)15/h6-7,9H,4-5,8H2,1-3H3,(H,16,17). The zero-order valence-corrected chi connectivity index (χ0v) is 11.5. The molecule has 0 saturated heterocycles. The van der Waals surface area contributed by atoms with Gasteiger partial charge in [-0.3, -0.25) is 4.79 Å². The van der Waals surface area contributed by atoms with E-state index in [4.69, 9.17) is 9.47 Å². The van der Waals surface area contributed by atoms with Gasteiger partial charge in [0.15, 0.2) is 0 Å². The number of benzene rings is 1. The third kappa shape index (κ3) is 2.32.